The third-order valence-corrected chi connectivity index (χ3v) is 4.81. The van der Waals surface area contributed by atoms with Crippen LogP contribution in [0.4, 0.5) is 0 Å². The van der Waals surface area contributed by atoms with E-state index in [2.05, 4.69) is 11.0 Å². The molecule has 0 aliphatic carbocycles. The minimum absolute atomic E-state index is 0.0924. The van der Waals surface area contributed by atoms with Crippen LogP contribution in [0.5, 0.6) is 0 Å². The average Bonchev–Trinajstić information content (AvgIpc) is 2.63. The third-order valence-electron chi connectivity index (χ3n) is 4.81. The normalized spacial score (nSPS) is 17.2. The van der Waals surface area contributed by atoms with Crippen molar-refractivity contribution in [1.29, 1.82) is 5.26 Å². The van der Waals surface area contributed by atoms with Crippen molar-refractivity contribution in [2.75, 3.05) is 32.7 Å². The first-order valence-corrected chi connectivity index (χ1v) is 8.75. The zero-order valence-electron chi connectivity index (χ0n) is 14.4. The lowest BCUT2D eigenvalue weighted by Crippen LogP contribution is -2.44. The molecule has 1 unspecified atom stereocenters. The van der Waals surface area contributed by atoms with E-state index in [1.165, 1.54) is 0 Å². The topological polar surface area (TPSA) is 67.6 Å². The minimum Gasteiger partial charge on any atom is -0.388 e. The fraction of sp³-hybridized carbons (Fsp3) is 0.579. The van der Waals surface area contributed by atoms with Gasteiger partial charge in [-0.1, -0.05) is 30.3 Å². The second-order valence-corrected chi connectivity index (χ2v) is 6.35. The first-order valence-electron chi connectivity index (χ1n) is 8.75. The van der Waals surface area contributed by atoms with Gasteiger partial charge < -0.3 is 10.0 Å². The average molecular weight is 329 g/mol. The maximum Gasteiger partial charge on any atom is 0.236 e. The van der Waals surface area contributed by atoms with Crippen LogP contribution in [0.1, 0.15) is 37.9 Å². The Balaban J connectivity index is 1.80. The Morgan fingerprint density at radius 1 is 1.38 bits per heavy atom. The number of benzene rings is 1. The molecule has 1 aromatic rings. The van der Waals surface area contributed by atoms with Crippen molar-refractivity contribution in [3.05, 3.63) is 35.9 Å². The second-order valence-electron chi connectivity index (χ2n) is 6.35. The summed E-state index contributed by atoms with van der Waals surface area (Å²) in [5.41, 5.74) is 0.973. The maximum atomic E-state index is 12.3. The molecule has 2 rings (SSSR count). The molecule has 0 radical (unpaired) electrons. The SMILES string of the molecule is CCN(CCC#N)C(=O)CN1CCC(C(O)c2ccccc2)CC1. The third kappa shape index (κ3) is 5.05. The highest BCUT2D eigenvalue weighted by Crippen LogP contribution is 2.30. The van der Waals surface area contributed by atoms with E-state index in [1.54, 1.807) is 4.90 Å². The quantitative estimate of drug-likeness (QED) is 0.833. The first kappa shape index (κ1) is 18.4. The molecule has 1 saturated heterocycles. The van der Waals surface area contributed by atoms with Gasteiger partial charge in [0.25, 0.3) is 0 Å². The van der Waals surface area contributed by atoms with Crippen LogP contribution >= 0.6 is 0 Å². The highest BCUT2D eigenvalue weighted by atomic mass is 16.3. The van der Waals surface area contributed by atoms with Gasteiger partial charge in [-0.25, -0.2) is 0 Å². The minimum atomic E-state index is -0.424. The summed E-state index contributed by atoms with van der Waals surface area (Å²) in [6.45, 7) is 5.16. The number of amides is 1. The van der Waals surface area contributed by atoms with Crippen LogP contribution < -0.4 is 0 Å². The van der Waals surface area contributed by atoms with Gasteiger partial charge in [0.15, 0.2) is 0 Å². The van der Waals surface area contributed by atoms with Gasteiger partial charge in [0.2, 0.25) is 5.91 Å². The van der Waals surface area contributed by atoms with E-state index in [0.717, 1.165) is 31.5 Å². The Bertz CT molecular complexity index is 547. The summed E-state index contributed by atoms with van der Waals surface area (Å²) in [5.74, 6) is 0.342. The van der Waals surface area contributed by atoms with E-state index in [1.807, 2.05) is 37.3 Å². The molecule has 1 fully saturated rings. The smallest absolute Gasteiger partial charge is 0.236 e. The number of aliphatic hydroxyl groups excluding tert-OH is 1. The van der Waals surface area contributed by atoms with E-state index in [-0.39, 0.29) is 11.8 Å². The number of rotatable bonds is 7. The molecule has 5 heteroatoms. The van der Waals surface area contributed by atoms with E-state index in [0.29, 0.717) is 26.1 Å². The number of carbonyl (C=O) groups is 1. The molecule has 0 aromatic heterocycles. The maximum absolute atomic E-state index is 12.3. The van der Waals surface area contributed by atoms with Gasteiger partial charge in [-0.2, -0.15) is 5.26 Å². The van der Waals surface area contributed by atoms with Crippen molar-refractivity contribution in [2.45, 2.75) is 32.3 Å². The van der Waals surface area contributed by atoms with Gasteiger partial charge >= 0.3 is 0 Å². The molecule has 1 aliphatic rings. The molecule has 24 heavy (non-hydrogen) atoms. The molecular weight excluding hydrogens is 302 g/mol. The summed E-state index contributed by atoms with van der Waals surface area (Å²) in [4.78, 5) is 16.2. The predicted octanol–water partition coefficient (Wildman–Crippen LogP) is 2.19. The Morgan fingerprint density at radius 3 is 2.62 bits per heavy atom. The summed E-state index contributed by atoms with van der Waals surface area (Å²) in [7, 11) is 0. The fourth-order valence-corrected chi connectivity index (χ4v) is 3.28. The van der Waals surface area contributed by atoms with Crippen molar-refractivity contribution in [2.24, 2.45) is 5.92 Å². The van der Waals surface area contributed by atoms with E-state index in [4.69, 9.17) is 5.26 Å². The van der Waals surface area contributed by atoms with Crippen molar-refractivity contribution in [3.8, 4) is 6.07 Å². The number of likely N-dealkylation sites (N-methyl/N-ethyl adjacent to an activating group) is 1. The van der Waals surface area contributed by atoms with Crippen molar-refractivity contribution < 1.29 is 9.90 Å². The largest absolute Gasteiger partial charge is 0.388 e. The van der Waals surface area contributed by atoms with Gasteiger partial charge in [0.05, 0.1) is 25.1 Å². The molecule has 0 saturated carbocycles. The lowest BCUT2D eigenvalue weighted by molar-refractivity contribution is -0.132. The molecule has 1 heterocycles. The van der Waals surface area contributed by atoms with E-state index in [9.17, 15) is 9.90 Å². The van der Waals surface area contributed by atoms with Gasteiger partial charge in [-0.05, 0) is 44.3 Å². The standard InChI is InChI=1S/C19H27N3O2/c1-2-22(12-6-11-20)18(23)15-21-13-9-17(10-14-21)19(24)16-7-4-3-5-8-16/h3-5,7-8,17,19,24H,2,6,9-10,12-15H2,1H3. The summed E-state index contributed by atoms with van der Waals surface area (Å²) >= 11 is 0. The van der Waals surface area contributed by atoms with Crippen molar-refractivity contribution in [1.82, 2.24) is 9.80 Å². The van der Waals surface area contributed by atoms with Crippen LogP contribution in [-0.2, 0) is 4.79 Å². The molecule has 1 amide bonds. The molecule has 1 aromatic carbocycles. The molecule has 0 bridgehead atoms. The molecule has 1 aliphatic heterocycles. The fourth-order valence-electron chi connectivity index (χ4n) is 3.28. The van der Waals surface area contributed by atoms with Gasteiger partial charge in [-0.3, -0.25) is 9.69 Å². The van der Waals surface area contributed by atoms with Crippen LogP contribution in [0, 0.1) is 17.2 Å². The lowest BCUT2D eigenvalue weighted by atomic mass is 9.87. The molecule has 1 atom stereocenters. The number of nitrogens with zero attached hydrogens (tertiary/aromatic N) is 3. The van der Waals surface area contributed by atoms with Gasteiger partial charge in [0, 0.05) is 13.1 Å². The Kier molecular flexibility index (Phi) is 7.23. The predicted molar refractivity (Wildman–Crippen MR) is 93.0 cm³/mol. The van der Waals surface area contributed by atoms with Crippen LogP contribution in [-0.4, -0.2) is 53.5 Å². The summed E-state index contributed by atoms with van der Waals surface area (Å²) in [5, 5.41) is 19.2. The van der Waals surface area contributed by atoms with Crippen LogP contribution in [0.25, 0.3) is 0 Å². The van der Waals surface area contributed by atoms with E-state index >= 15 is 0 Å². The number of likely N-dealkylation sites (tertiary alicyclic amines) is 1. The molecule has 130 valence electrons. The summed E-state index contributed by atoms with van der Waals surface area (Å²) in [6.07, 6.45) is 1.75. The highest BCUT2D eigenvalue weighted by molar-refractivity contribution is 5.78. The molecular formula is C19H27N3O2. The number of piperidine rings is 1. The molecule has 1 N–H and O–H groups in total. The Hall–Kier alpha value is -1.90. The number of carbonyl (C=O) groups excluding carboxylic acids is 1. The number of aliphatic hydroxyl groups is 1. The number of hydrogen-bond donors (Lipinski definition) is 1. The number of hydrogen-bond acceptors (Lipinski definition) is 4. The monoisotopic (exact) mass is 329 g/mol. The first-order chi connectivity index (χ1) is 11.7. The van der Waals surface area contributed by atoms with Crippen molar-refractivity contribution >= 4 is 5.91 Å². The van der Waals surface area contributed by atoms with Crippen LogP contribution in [0.2, 0.25) is 0 Å². The molecule has 5 nitrogen and oxygen atoms in total. The Morgan fingerprint density at radius 2 is 2.04 bits per heavy atom. The zero-order chi connectivity index (χ0) is 17.4. The summed E-state index contributed by atoms with van der Waals surface area (Å²) in [6, 6.07) is 11.9. The zero-order valence-corrected chi connectivity index (χ0v) is 14.4. The van der Waals surface area contributed by atoms with Gasteiger partial charge in [0.1, 0.15) is 0 Å². The van der Waals surface area contributed by atoms with Gasteiger partial charge in [-0.15, -0.1) is 0 Å². The molecule has 0 spiro atoms. The van der Waals surface area contributed by atoms with Crippen LogP contribution in [0.15, 0.2) is 30.3 Å². The second kappa shape index (κ2) is 9.41. The summed E-state index contributed by atoms with van der Waals surface area (Å²) < 4.78 is 0. The lowest BCUT2D eigenvalue weighted by Gasteiger charge is -2.35. The van der Waals surface area contributed by atoms with Crippen LogP contribution in [0.3, 0.4) is 0 Å². The number of nitriles is 1. The highest BCUT2D eigenvalue weighted by Gasteiger charge is 2.27. The van der Waals surface area contributed by atoms with Crippen molar-refractivity contribution in [3.63, 3.8) is 0 Å². The Labute approximate surface area is 144 Å². The van der Waals surface area contributed by atoms with E-state index < -0.39 is 6.10 Å².